The standard InChI is InChI=1S/C27H30N4O2.C2H6N2/c1-3-5-15-30-22-14-13-21-23-20(26(32)31(27(21)33)16-6-4-2)12-11-18(24(22)23)17-9-7-8-10-19(17)25(28)29;1-2(3)4/h7-14,30H,3-6,15-16H2,1-2H3,(H3,28,29);1H3,(H3,3,4). The Bertz CT molecular complexity index is 1320. The average Bonchev–Trinajstić information content (AvgIpc) is 2.87. The number of nitrogens with zero attached hydrogens (tertiary/aromatic N) is 1. The molecule has 0 atom stereocenters. The number of benzene rings is 3. The van der Waals surface area contributed by atoms with Crippen LogP contribution < -0.4 is 16.8 Å². The molecule has 8 heteroatoms. The lowest BCUT2D eigenvalue weighted by molar-refractivity contribution is 0.0608. The molecule has 2 amide bonds. The topological polar surface area (TPSA) is 149 Å². The van der Waals surface area contributed by atoms with Crippen molar-refractivity contribution in [1.29, 1.82) is 10.8 Å². The molecule has 4 rings (SSSR count). The first-order valence-electron chi connectivity index (χ1n) is 12.7. The molecule has 7 N–H and O–H groups in total. The Balaban J connectivity index is 0.000000886. The maximum atomic E-state index is 13.3. The van der Waals surface area contributed by atoms with Gasteiger partial charge in [0.1, 0.15) is 5.84 Å². The number of anilines is 1. The first kappa shape index (κ1) is 27.4. The minimum absolute atomic E-state index is 0.0236. The molecule has 0 saturated heterocycles. The second-order valence-corrected chi connectivity index (χ2v) is 9.11. The summed E-state index contributed by atoms with van der Waals surface area (Å²) in [6, 6.07) is 15.0. The highest BCUT2D eigenvalue weighted by Crippen LogP contribution is 2.41. The molecule has 37 heavy (non-hydrogen) atoms. The van der Waals surface area contributed by atoms with Crippen molar-refractivity contribution in [2.24, 2.45) is 11.5 Å². The minimum atomic E-state index is -0.247. The van der Waals surface area contributed by atoms with Crippen molar-refractivity contribution >= 4 is 39.9 Å². The number of carbonyl (C=O) groups excluding carboxylic acids is 2. The van der Waals surface area contributed by atoms with Gasteiger partial charge in [-0.2, -0.15) is 0 Å². The van der Waals surface area contributed by atoms with E-state index in [1.54, 1.807) is 0 Å². The summed E-state index contributed by atoms with van der Waals surface area (Å²) in [7, 11) is 0. The van der Waals surface area contributed by atoms with Crippen LogP contribution in [-0.4, -0.2) is 41.5 Å². The van der Waals surface area contributed by atoms with Crippen molar-refractivity contribution in [2.75, 3.05) is 18.4 Å². The summed E-state index contributed by atoms with van der Waals surface area (Å²) < 4.78 is 0. The lowest BCUT2D eigenvalue weighted by atomic mass is 9.86. The quantitative estimate of drug-likeness (QED) is 0.116. The number of hydrogen-bond acceptors (Lipinski definition) is 5. The fourth-order valence-electron chi connectivity index (χ4n) is 4.48. The number of nitrogens with one attached hydrogen (secondary N) is 3. The van der Waals surface area contributed by atoms with E-state index in [0.29, 0.717) is 28.6 Å². The number of unbranched alkanes of at least 4 members (excludes halogenated alkanes) is 2. The van der Waals surface area contributed by atoms with Gasteiger partial charge in [-0.05, 0) is 49.1 Å². The highest BCUT2D eigenvalue weighted by Gasteiger charge is 2.34. The molecular weight excluding hydrogens is 464 g/mol. The van der Waals surface area contributed by atoms with Crippen molar-refractivity contribution in [3.63, 3.8) is 0 Å². The molecule has 0 fully saturated rings. The Kier molecular flexibility index (Phi) is 9.00. The van der Waals surface area contributed by atoms with Gasteiger partial charge in [0.15, 0.2) is 0 Å². The minimum Gasteiger partial charge on any atom is -0.388 e. The average molecular weight is 501 g/mol. The van der Waals surface area contributed by atoms with E-state index < -0.39 is 0 Å². The summed E-state index contributed by atoms with van der Waals surface area (Å²) in [5.74, 6) is -0.351. The summed E-state index contributed by atoms with van der Waals surface area (Å²) >= 11 is 0. The molecule has 0 bridgehead atoms. The molecular formula is C29H36N6O2. The lowest BCUT2D eigenvalue weighted by Crippen LogP contribution is -2.40. The number of rotatable bonds is 9. The van der Waals surface area contributed by atoms with Crippen molar-refractivity contribution in [1.82, 2.24) is 4.90 Å². The Morgan fingerprint density at radius 2 is 1.38 bits per heavy atom. The second-order valence-electron chi connectivity index (χ2n) is 9.11. The Morgan fingerprint density at radius 3 is 1.97 bits per heavy atom. The van der Waals surface area contributed by atoms with Crippen molar-refractivity contribution in [2.45, 2.75) is 46.5 Å². The highest BCUT2D eigenvalue weighted by molar-refractivity contribution is 6.29. The predicted octanol–water partition coefficient (Wildman–Crippen LogP) is 5.34. The maximum absolute atomic E-state index is 13.3. The Hall–Kier alpha value is -4.20. The molecule has 3 aromatic rings. The van der Waals surface area contributed by atoms with Crippen LogP contribution >= 0.6 is 0 Å². The molecule has 1 aliphatic heterocycles. The van der Waals surface area contributed by atoms with Gasteiger partial charge in [-0.1, -0.05) is 57.0 Å². The number of carbonyl (C=O) groups is 2. The van der Waals surface area contributed by atoms with Crippen LogP contribution in [0.25, 0.3) is 21.9 Å². The van der Waals surface area contributed by atoms with E-state index in [4.69, 9.17) is 22.3 Å². The van der Waals surface area contributed by atoms with Gasteiger partial charge >= 0.3 is 0 Å². The lowest BCUT2D eigenvalue weighted by Gasteiger charge is -2.29. The number of imide groups is 1. The molecule has 0 aromatic heterocycles. The molecule has 1 aliphatic rings. The first-order chi connectivity index (χ1) is 17.7. The van der Waals surface area contributed by atoms with E-state index in [1.807, 2.05) is 55.5 Å². The van der Waals surface area contributed by atoms with E-state index in [9.17, 15) is 9.59 Å². The molecule has 0 aliphatic carbocycles. The summed E-state index contributed by atoms with van der Waals surface area (Å²) in [4.78, 5) is 28.1. The van der Waals surface area contributed by atoms with Crippen molar-refractivity contribution in [3.05, 3.63) is 65.2 Å². The van der Waals surface area contributed by atoms with Gasteiger partial charge in [0.05, 0.1) is 5.84 Å². The third-order valence-corrected chi connectivity index (χ3v) is 6.20. The zero-order valence-corrected chi connectivity index (χ0v) is 21.8. The van der Waals surface area contributed by atoms with Crippen LogP contribution in [0.5, 0.6) is 0 Å². The zero-order valence-electron chi connectivity index (χ0n) is 21.8. The molecule has 0 radical (unpaired) electrons. The number of hydrogen-bond donors (Lipinski definition) is 5. The third-order valence-electron chi connectivity index (χ3n) is 6.20. The first-order valence-corrected chi connectivity index (χ1v) is 12.7. The van der Waals surface area contributed by atoms with E-state index in [2.05, 4.69) is 12.2 Å². The molecule has 0 spiro atoms. The summed E-state index contributed by atoms with van der Waals surface area (Å²) in [6.45, 7) is 6.91. The normalized spacial score (nSPS) is 12.2. The summed E-state index contributed by atoms with van der Waals surface area (Å²) in [5, 5.41) is 19.3. The van der Waals surface area contributed by atoms with Crippen LogP contribution in [0.4, 0.5) is 5.69 Å². The van der Waals surface area contributed by atoms with Crippen LogP contribution in [0.1, 0.15) is 72.7 Å². The van der Waals surface area contributed by atoms with Crippen molar-refractivity contribution in [3.8, 4) is 11.1 Å². The predicted molar refractivity (Wildman–Crippen MR) is 152 cm³/mol. The van der Waals surface area contributed by atoms with Gasteiger partial charge in [-0.15, -0.1) is 0 Å². The molecule has 1 heterocycles. The largest absolute Gasteiger partial charge is 0.388 e. The molecule has 0 unspecified atom stereocenters. The Labute approximate surface area is 218 Å². The van der Waals surface area contributed by atoms with Crippen LogP contribution in [0.3, 0.4) is 0 Å². The van der Waals surface area contributed by atoms with Crippen molar-refractivity contribution < 1.29 is 9.59 Å². The van der Waals surface area contributed by atoms with Crippen LogP contribution in [0.15, 0.2) is 48.5 Å². The molecule has 194 valence electrons. The van der Waals surface area contributed by atoms with Crippen LogP contribution in [0.2, 0.25) is 0 Å². The molecule has 3 aromatic carbocycles. The SMILES string of the molecule is CC(=N)N.CCCCNc1ccc2c3c(ccc(-c4ccccc4C(=N)N)c13)C(=O)N(CCCC)C2=O. The fourth-order valence-corrected chi connectivity index (χ4v) is 4.48. The van der Waals surface area contributed by atoms with E-state index >= 15 is 0 Å². The van der Waals surface area contributed by atoms with Crippen LogP contribution in [0, 0.1) is 10.8 Å². The van der Waals surface area contributed by atoms with E-state index in [1.165, 1.54) is 11.8 Å². The van der Waals surface area contributed by atoms with Gasteiger partial charge in [0, 0.05) is 46.2 Å². The van der Waals surface area contributed by atoms with E-state index in [-0.39, 0.29) is 23.5 Å². The summed E-state index contributed by atoms with van der Waals surface area (Å²) in [6.07, 6.45) is 3.74. The van der Waals surface area contributed by atoms with Gasteiger partial charge in [-0.25, -0.2) is 0 Å². The van der Waals surface area contributed by atoms with Crippen LogP contribution in [-0.2, 0) is 0 Å². The van der Waals surface area contributed by atoms with Gasteiger partial charge in [0.2, 0.25) is 0 Å². The smallest absolute Gasteiger partial charge is 0.261 e. The molecule has 0 saturated carbocycles. The molecule has 8 nitrogen and oxygen atoms in total. The number of amides is 2. The van der Waals surface area contributed by atoms with Gasteiger partial charge < -0.3 is 16.8 Å². The van der Waals surface area contributed by atoms with E-state index in [0.717, 1.165) is 54.4 Å². The zero-order chi connectivity index (χ0) is 27.1. The maximum Gasteiger partial charge on any atom is 0.261 e. The number of nitrogens with two attached hydrogens (primary N) is 2. The monoisotopic (exact) mass is 500 g/mol. The van der Waals surface area contributed by atoms with Gasteiger partial charge in [0.25, 0.3) is 11.8 Å². The highest BCUT2D eigenvalue weighted by atomic mass is 16.2. The second kappa shape index (κ2) is 12.2. The fraction of sp³-hybridized carbons (Fsp3) is 0.310. The number of amidine groups is 2. The summed E-state index contributed by atoms with van der Waals surface area (Å²) in [5.41, 5.74) is 14.8. The van der Waals surface area contributed by atoms with Gasteiger partial charge in [-0.3, -0.25) is 25.3 Å². The Morgan fingerprint density at radius 1 is 0.811 bits per heavy atom. The number of nitrogen functional groups attached to an aromatic ring is 1. The third kappa shape index (κ3) is 5.80.